The first-order valence-corrected chi connectivity index (χ1v) is 9.34. The SMILES string of the molecule is C[C@H](CO)Nc1nc(C2CC2)cc(N2C[C@H]3C[C@H]2c2ccccc23)n1. The summed E-state index contributed by atoms with van der Waals surface area (Å²) in [6.07, 6.45) is 3.64. The Morgan fingerprint density at radius 3 is 2.76 bits per heavy atom. The highest BCUT2D eigenvalue weighted by atomic mass is 16.3. The molecular formula is C20H24N4O. The monoisotopic (exact) mass is 336 g/mol. The molecule has 3 atom stereocenters. The molecule has 130 valence electrons. The van der Waals surface area contributed by atoms with E-state index in [2.05, 4.69) is 40.5 Å². The summed E-state index contributed by atoms with van der Waals surface area (Å²) in [7, 11) is 0. The minimum Gasteiger partial charge on any atom is -0.394 e. The van der Waals surface area contributed by atoms with Crippen molar-refractivity contribution in [1.29, 1.82) is 0 Å². The molecule has 2 N–H and O–H groups in total. The molecule has 2 heterocycles. The molecule has 0 amide bonds. The number of aliphatic hydroxyl groups is 1. The predicted octanol–water partition coefficient (Wildman–Crippen LogP) is 3.20. The molecule has 2 fully saturated rings. The van der Waals surface area contributed by atoms with Crippen LogP contribution < -0.4 is 10.2 Å². The smallest absolute Gasteiger partial charge is 0.225 e. The van der Waals surface area contributed by atoms with E-state index in [1.165, 1.54) is 30.4 Å². The summed E-state index contributed by atoms with van der Waals surface area (Å²) in [6, 6.07) is 11.4. The number of benzene rings is 1. The second-order valence-electron chi connectivity index (χ2n) is 7.71. The number of hydrogen-bond acceptors (Lipinski definition) is 5. The number of aromatic nitrogens is 2. The molecule has 5 rings (SSSR count). The number of anilines is 2. The first kappa shape index (κ1) is 15.1. The average molecular weight is 336 g/mol. The maximum atomic E-state index is 9.33. The summed E-state index contributed by atoms with van der Waals surface area (Å²) in [4.78, 5) is 12.0. The maximum Gasteiger partial charge on any atom is 0.225 e. The summed E-state index contributed by atoms with van der Waals surface area (Å²) < 4.78 is 0. The topological polar surface area (TPSA) is 61.3 Å². The van der Waals surface area contributed by atoms with Gasteiger partial charge in [0.2, 0.25) is 5.95 Å². The van der Waals surface area contributed by atoms with Crippen molar-refractivity contribution in [3.8, 4) is 0 Å². The van der Waals surface area contributed by atoms with Crippen molar-refractivity contribution in [3.05, 3.63) is 47.2 Å². The fourth-order valence-corrected chi connectivity index (χ4v) is 4.31. The van der Waals surface area contributed by atoms with Gasteiger partial charge in [-0.2, -0.15) is 4.98 Å². The van der Waals surface area contributed by atoms with Crippen LogP contribution in [0.15, 0.2) is 30.3 Å². The first-order valence-electron chi connectivity index (χ1n) is 9.34. The van der Waals surface area contributed by atoms with Gasteiger partial charge in [-0.3, -0.25) is 0 Å². The predicted molar refractivity (Wildman–Crippen MR) is 98.1 cm³/mol. The lowest BCUT2D eigenvalue weighted by molar-refractivity contribution is 0.281. The Morgan fingerprint density at radius 1 is 1.20 bits per heavy atom. The van der Waals surface area contributed by atoms with Gasteiger partial charge in [0.15, 0.2) is 0 Å². The number of rotatable bonds is 5. The third-order valence-electron chi connectivity index (χ3n) is 5.77. The molecule has 2 aliphatic carbocycles. The lowest BCUT2D eigenvalue weighted by Gasteiger charge is -2.30. The lowest BCUT2D eigenvalue weighted by Crippen LogP contribution is -2.29. The van der Waals surface area contributed by atoms with Gasteiger partial charge in [-0.1, -0.05) is 24.3 Å². The van der Waals surface area contributed by atoms with Crippen LogP contribution in [0.4, 0.5) is 11.8 Å². The molecule has 3 aliphatic rings. The lowest BCUT2D eigenvalue weighted by atomic mass is 9.99. The van der Waals surface area contributed by atoms with E-state index in [1.54, 1.807) is 0 Å². The van der Waals surface area contributed by atoms with Crippen LogP contribution in [0.2, 0.25) is 0 Å². The van der Waals surface area contributed by atoms with Gasteiger partial charge in [0.25, 0.3) is 0 Å². The van der Waals surface area contributed by atoms with Gasteiger partial charge in [-0.15, -0.1) is 0 Å². The Labute approximate surface area is 148 Å². The van der Waals surface area contributed by atoms with Gasteiger partial charge in [0.05, 0.1) is 18.3 Å². The quantitative estimate of drug-likeness (QED) is 0.878. The zero-order valence-electron chi connectivity index (χ0n) is 14.5. The van der Waals surface area contributed by atoms with Crippen LogP contribution >= 0.6 is 0 Å². The Morgan fingerprint density at radius 2 is 2.00 bits per heavy atom. The zero-order chi connectivity index (χ0) is 17.0. The van der Waals surface area contributed by atoms with E-state index >= 15 is 0 Å². The summed E-state index contributed by atoms with van der Waals surface area (Å²) in [6.45, 7) is 3.06. The number of aliphatic hydroxyl groups excluding tert-OH is 1. The van der Waals surface area contributed by atoms with Crippen LogP contribution in [0.25, 0.3) is 0 Å². The molecule has 0 radical (unpaired) electrons. The molecule has 2 bridgehead atoms. The number of nitrogens with zero attached hydrogens (tertiary/aromatic N) is 3. The molecule has 2 aromatic rings. The molecule has 1 saturated carbocycles. The average Bonchev–Trinajstić information content (AvgIpc) is 3.32. The summed E-state index contributed by atoms with van der Waals surface area (Å²) in [5.74, 6) is 2.88. The standard InChI is InChI=1S/C20H24N4O/c1-12(11-25)21-20-22-17(13-6-7-13)9-19(23-20)24-10-14-8-18(24)16-5-3-2-4-15(14)16/h2-5,9,12-14,18,25H,6-8,10-11H2,1H3,(H,21,22,23)/t12-,14-,18+/m1/s1. The normalized spacial score (nSPS) is 25.1. The Kier molecular flexibility index (Phi) is 3.45. The van der Waals surface area contributed by atoms with Crippen molar-refractivity contribution >= 4 is 11.8 Å². The van der Waals surface area contributed by atoms with Crippen molar-refractivity contribution < 1.29 is 5.11 Å². The van der Waals surface area contributed by atoms with E-state index in [-0.39, 0.29) is 12.6 Å². The second kappa shape index (κ2) is 5.70. The highest BCUT2D eigenvalue weighted by Crippen LogP contribution is 2.51. The Balaban J connectivity index is 1.50. The van der Waals surface area contributed by atoms with Crippen molar-refractivity contribution in [2.24, 2.45) is 0 Å². The Bertz CT molecular complexity index is 804. The number of hydrogen-bond donors (Lipinski definition) is 2. The molecule has 1 aromatic carbocycles. The number of nitrogens with one attached hydrogen (secondary N) is 1. The van der Waals surface area contributed by atoms with E-state index in [0.29, 0.717) is 23.8 Å². The van der Waals surface area contributed by atoms with Gasteiger partial charge < -0.3 is 15.3 Å². The molecule has 0 spiro atoms. The van der Waals surface area contributed by atoms with Crippen LogP contribution in [0.1, 0.15) is 60.9 Å². The molecule has 1 saturated heterocycles. The summed E-state index contributed by atoms with van der Waals surface area (Å²) >= 11 is 0. The molecule has 5 nitrogen and oxygen atoms in total. The first-order chi connectivity index (χ1) is 12.2. The van der Waals surface area contributed by atoms with Crippen molar-refractivity contribution in [2.45, 2.75) is 50.1 Å². The maximum absolute atomic E-state index is 9.33. The van der Waals surface area contributed by atoms with E-state index in [4.69, 9.17) is 9.97 Å². The minimum atomic E-state index is -0.0435. The fraction of sp³-hybridized carbons (Fsp3) is 0.500. The van der Waals surface area contributed by atoms with Gasteiger partial charge in [-0.25, -0.2) is 4.98 Å². The van der Waals surface area contributed by atoms with Crippen LogP contribution in [0.5, 0.6) is 0 Å². The van der Waals surface area contributed by atoms with Gasteiger partial charge >= 0.3 is 0 Å². The van der Waals surface area contributed by atoms with Crippen LogP contribution in [-0.2, 0) is 0 Å². The van der Waals surface area contributed by atoms with Gasteiger partial charge in [-0.05, 0) is 37.3 Å². The zero-order valence-corrected chi connectivity index (χ0v) is 14.5. The molecule has 25 heavy (non-hydrogen) atoms. The highest BCUT2D eigenvalue weighted by molar-refractivity contribution is 5.55. The third-order valence-corrected chi connectivity index (χ3v) is 5.77. The van der Waals surface area contributed by atoms with E-state index in [1.807, 2.05) is 6.92 Å². The van der Waals surface area contributed by atoms with E-state index < -0.39 is 0 Å². The Hall–Kier alpha value is -2.14. The molecule has 5 heteroatoms. The minimum absolute atomic E-state index is 0.0435. The molecule has 0 unspecified atom stereocenters. The number of fused-ring (bicyclic) bond motifs is 5. The van der Waals surface area contributed by atoms with Crippen molar-refractivity contribution in [3.63, 3.8) is 0 Å². The van der Waals surface area contributed by atoms with Crippen LogP contribution in [0.3, 0.4) is 0 Å². The molecule has 1 aliphatic heterocycles. The fourth-order valence-electron chi connectivity index (χ4n) is 4.31. The summed E-state index contributed by atoms with van der Waals surface area (Å²) in [5, 5.41) is 12.6. The second-order valence-corrected chi connectivity index (χ2v) is 7.71. The van der Waals surface area contributed by atoms with Crippen molar-refractivity contribution in [2.75, 3.05) is 23.4 Å². The van der Waals surface area contributed by atoms with Crippen LogP contribution in [-0.4, -0.2) is 34.3 Å². The molecular weight excluding hydrogens is 312 g/mol. The molecule has 1 aromatic heterocycles. The van der Waals surface area contributed by atoms with Crippen molar-refractivity contribution in [1.82, 2.24) is 9.97 Å². The highest BCUT2D eigenvalue weighted by Gasteiger charge is 2.43. The largest absolute Gasteiger partial charge is 0.394 e. The van der Waals surface area contributed by atoms with E-state index in [9.17, 15) is 5.11 Å². The third kappa shape index (κ3) is 2.58. The van der Waals surface area contributed by atoms with Gasteiger partial charge in [0.1, 0.15) is 5.82 Å². The van der Waals surface area contributed by atoms with E-state index in [0.717, 1.165) is 18.1 Å². The van der Waals surface area contributed by atoms with Crippen LogP contribution in [0, 0.1) is 0 Å². The summed E-state index contributed by atoms with van der Waals surface area (Å²) in [5.41, 5.74) is 4.13. The van der Waals surface area contributed by atoms with Gasteiger partial charge in [0, 0.05) is 30.5 Å².